The number of carbonyl (C=O) groups excluding carboxylic acids is 1. The SMILES string of the molecule is CC(C)C1CCCCC1NC1CCC(C(N)=O)CC1. The van der Waals surface area contributed by atoms with Crippen LogP contribution < -0.4 is 11.1 Å². The summed E-state index contributed by atoms with van der Waals surface area (Å²) in [5.74, 6) is 1.64. The van der Waals surface area contributed by atoms with Crippen LogP contribution in [0, 0.1) is 17.8 Å². The molecule has 0 bridgehead atoms. The first-order valence-electron chi connectivity index (χ1n) is 8.13. The minimum atomic E-state index is -0.101. The van der Waals surface area contributed by atoms with Gasteiger partial charge < -0.3 is 11.1 Å². The molecule has 19 heavy (non-hydrogen) atoms. The number of nitrogens with two attached hydrogens (primary N) is 1. The molecule has 0 aromatic carbocycles. The van der Waals surface area contributed by atoms with Crippen molar-refractivity contribution in [1.82, 2.24) is 5.32 Å². The van der Waals surface area contributed by atoms with E-state index in [-0.39, 0.29) is 11.8 Å². The fourth-order valence-electron chi connectivity index (χ4n) is 4.01. The van der Waals surface area contributed by atoms with Gasteiger partial charge in [0, 0.05) is 18.0 Å². The lowest BCUT2D eigenvalue weighted by Crippen LogP contribution is -2.47. The van der Waals surface area contributed by atoms with E-state index in [2.05, 4.69) is 19.2 Å². The van der Waals surface area contributed by atoms with Crippen molar-refractivity contribution in [3.8, 4) is 0 Å². The highest BCUT2D eigenvalue weighted by molar-refractivity contribution is 5.76. The van der Waals surface area contributed by atoms with Crippen LogP contribution in [0.1, 0.15) is 65.2 Å². The van der Waals surface area contributed by atoms with E-state index in [1.165, 1.54) is 25.7 Å². The van der Waals surface area contributed by atoms with E-state index in [1.54, 1.807) is 0 Å². The fraction of sp³-hybridized carbons (Fsp3) is 0.938. The quantitative estimate of drug-likeness (QED) is 0.822. The van der Waals surface area contributed by atoms with Crippen LogP contribution in [0.15, 0.2) is 0 Å². The molecule has 0 aromatic heterocycles. The Kier molecular flexibility index (Phi) is 5.26. The Labute approximate surface area is 117 Å². The molecule has 0 heterocycles. The third kappa shape index (κ3) is 3.95. The second-order valence-corrected chi connectivity index (χ2v) is 6.92. The molecule has 2 fully saturated rings. The Hall–Kier alpha value is -0.570. The number of amides is 1. The molecule has 0 spiro atoms. The Morgan fingerprint density at radius 1 is 1.05 bits per heavy atom. The zero-order valence-corrected chi connectivity index (χ0v) is 12.5. The molecule has 3 heteroatoms. The molecule has 1 amide bonds. The average Bonchev–Trinajstić information content (AvgIpc) is 2.39. The first-order chi connectivity index (χ1) is 9.08. The van der Waals surface area contributed by atoms with E-state index < -0.39 is 0 Å². The summed E-state index contributed by atoms with van der Waals surface area (Å²) in [5.41, 5.74) is 5.40. The third-order valence-electron chi connectivity index (χ3n) is 5.26. The maximum atomic E-state index is 11.2. The molecule has 0 radical (unpaired) electrons. The molecule has 2 rings (SSSR count). The molecular formula is C16H30N2O. The monoisotopic (exact) mass is 266 g/mol. The summed E-state index contributed by atoms with van der Waals surface area (Å²) in [6.07, 6.45) is 9.68. The van der Waals surface area contributed by atoms with Crippen molar-refractivity contribution < 1.29 is 4.79 Å². The topological polar surface area (TPSA) is 55.1 Å². The predicted octanol–water partition coefficient (Wildman–Crippen LogP) is 2.83. The molecule has 2 unspecified atom stereocenters. The first-order valence-corrected chi connectivity index (χ1v) is 8.13. The molecule has 0 saturated heterocycles. The van der Waals surface area contributed by atoms with Crippen molar-refractivity contribution in [2.75, 3.05) is 0 Å². The molecule has 0 aliphatic heterocycles. The molecule has 0 aromatic rings. The lowest BCUT2D eigenvalue weighted by atomic mass is 9.76. The van der Waals surface area contributed by atoms with Gasteiger partial charge in [0.05, 0.1) is 0 Å². The van der Waals surface area contributed by atoms with Crippen LogP contribution in [0.25, 0.3) is 0 Å². The highest BCUT2D eigenvalue weighted by Gasteiger charge is 2.31. The van der Waals surface area contributed by atoms with Gasteiger partial charge in [-0.15, -0.1) is 0 Å². The highest BCUT2D eigenvalue weighted by atomic mass is 16.1. The Bertz CT molecular complexity index is 295. The first kappa shape index (κ1) is 14.8. The largest absolute Gasteiger partial charge is 0.369 e. The molecule has 3 nitrogen and oxygen atoms in total. The van der Waals surface area contributed by atoms with Crippen molar-refractivity contribution >= 4 is 5.91 Å². The molecule has 110 valence electrons. The smallest absolute Gasteiger partial charge is 0.220 e. The summed E-state index contributed by atoms with van der Waals surface area (Å²) in [5, 5.41) is 3.90. The standard InChI is InChI=1S/C16H30N2O/c1-11(2)14-5-3-4-6-15(14)18-13-9-7-12(8-10-13)16(17)19/h11-15,18H,3-10H2,1-2H3,(H2,17,19). The lowest BCUT2D eigenvalue weighted by Gasteiger charge is -2.39. The van der Waals surface area contributed by atoms with Crippen LogP contribution in [0.5, 0.6) is 0 Å². The van der Waals surface area contributed by atoms with Crippen LogP contribution in [0.2, 0.25) is 0 Å². The Morgan fingerprint density at radius 2 is 1.68 bits per heavy atom. The van der Waals surface area contributed by atoms with Crippen molar-refractivity contribution in [2.45, 2.75) is 77.3 Å². The van der Waals surface area contributed by atoms with Gasteiger partial charge in [0.15, 0.2) is 0 Å². The fourth-order valence-corrected chi connectivity index (χ4v) is 4.01. The second kappa shape index (κ2) is 6.74. The van der Waals surface area contributed by atoms with Crippen molar-refractivity contribution in [2.24, 2.45) is 23.5 Å². The lowest BCUT2D eigenvalue weighted by molar-refractivity contribution is -0.122. The number of primary amides is 1. The summed E-state index contributed by atoms with van der Waals surface area (Å²) in [4.78, 5) is 11.2. The normalized spacial score (nSPS) is 36.4. The second-order valence-electron chi connectivity index (χ2n) is 6.92. The van der Waals surface area contributed by atoms with Crippen LogP contribution in [-0.4, -0.2) is 18.0 Å². The van der Waals surface area contributed by atoms with Crippen molar-refractivity contribution in [3.63, 3.8) is 0 Å². The summed E-state index contributed by atoms with van der Waals surface area (Å²) in [6.45, 7) is 4.71. The van der Waals surface area contributed by atoms with Crippen LogP contribution in [0.4, 0.5) is 0 Å². The summed E-state index contributed by atoms with van der Waals surface area (Å²) < 4.78 is 0. The Balaban J connectivity index is 1.82. The van der Waals surface area contributed by atoms with Gasteiger partial charge in [-0.05, 0) is 50.4 Å². The molecule has 3 N–H and O–H groups in total. The van der Waals surface area contributed by atoms with Gasteiger partial charge in [-0.1, -0.05) is 26.7 Å². The zero-order chi connectivity index (χ0) is 13.8. The van der Waals surface area contributed by atoms with Crippen LogP contribution in [0.3, 0.4) is 0 Å². The van der Waals surface area contributed by atoms with Gasteiger partial charge in [0.2, 0.25) is 5.91 Å². The third-order valence-corrected chi connectivity index (χ3v) is 5.26. The van der Waals surface area contributed by atoms with Gasteiger partial charge >= 0.3 is 0 Å². The minimum Gasteiger partial charge on any atom is -0.369 e. The van der Waals surface area contributed by atoms with E-state index in [1.807, 2.05) is 0 Å². The van der Waals surface area contributed by atoms with E-state index in [0.29, 0.717) is 12.1 Å². The number of hydrogen-bond donors (Lipinski definition) is 2. The number of hydrogen-bond acceptors (Lipinski definition) is 2. The maximum absolute atomic E-state index is 11.2. The molecule has 2 saturated carbocycles. The number of rotatable bonds is 4. The number of nitrogens with one attached hydrogen (secondary N) is 1. The predicted molar refractivity (Wildman–Crippen MR) is 78.7 cm³/mol. The summed E-state index contributed by atoms with van der Waals surface area (Å²) in [6, 6.07) is 1.31. The van der Waals surface area contributed by atoms with E-state index in [9.17, 15) is 4.79 Å². The van der Waals surface area contributed by atoms with Gasteiger partial charge in [0.25, 0.3) is 0 Å². The number of carbonyl (C=O) groups is 1. The minimum absolute atomic E-state index is 0.101. The highest BCUT2D eigenvalue weighted by Crippen LogP contribution is 2.32. The van der Waals surface area contributed by atoms with Gasteiger partial charge in [-0.3, -0.25) is 4.79 Å². The van der Waals surface area contributed by atoms with Crippen LogP contribution in [-0.2, 0) is 4.79 Å². The maximum Gasteiger partial charge on any atom is 0.220 e. The Morgan fingerprint density at radius 3 is 2.26 bits per heavy atom. The van der Waals surface area contributed by atoms with Crippen LogP contribution >= 0.6 is 0 Å². The van der Waals surface area contributed by atoms with Crippen molar-refractivity contribution in [1.29, 1.82) is 0 Å². The van der Waals surface area contributed by atoms with E-state index >= 15 is 0 Å². The zero-order valence-electron chi connectivity index (χ0n) is 12.5. The van der Waals surface area contributed by atoms with Gasteiger partial charge in [0.1, 0.15) is 0 Å². The molecular weight excluding hydrogens is 236 g/mol. The molecule has 2 aliphatic rings. The molecule has 2 aliphatic carbocycles. The van der Waals surface area contributed by atoms with Crippen molar-refractivity contribution in [3.05, 3.63) is 0 Å². The van der Waals surface area contributed by atoms with E-state index in [0.717, 1.165) is 37.5 Å². The molecule has 2 atom stereocenters. The van der Waals surface area contributed by atoms with Gasteiger partial charge in [-0.25, -0.2) is 0 Å². The summed E-state index contributed by atoms with van der Waals surface area (Å²) in [7, 11) is 0. The summed E-state index contributed by atoms with van der Waals surface area (Å²) >= 11 is 0. The average molecular weight is 266 g/mol. The van der Waals surface area contributed by atoms with Gasteiger partial charge in [-0.2, -0.15) is 0 Å². The van der Waals surface area contributed by atoms with E-state index in [4.69, 9.17) is 5.73 Å².